The monoisotopic (exact) mass is 316 g/mol. The Kier molecular flexibility index (Phi) is 3.17. The maximum absolute atomic E-state index is 9.39. The van der Waals surface area contributed by atoms with Crippen molar-refractivity contribution in [2.45, 2.75) is 6.54 Å². The zero-order chi connectivity index (χ0) is 15.1. The largest absolute Gasteiger partial charge is 0.454 e. The van der Waals surface area contributed by atoms with Gasteiger partial charge in [0.1, 0.15) is 5.82 Å². The maximum atomic E-state index is 9.39. The van der Waals surface area contributed by atoms with Crippen LogP contribution in [-0.2, 0) is 6.54 Å². The zero-order valence-electron chi connectivity index (χ0n) is 11.6. The molecule has 2 heterocycles. The molecule has 0 radical (unpaired) electrons. The molecule has 1 aliphatic rings. The molecular weight excluding hydrogens is 304 g/mol. The van der Waals surface area contributed by atoms with Gasteiger partial charge in [0.15, 0.2) is 11.5 Å². The van der Waals surface area contributed by atoms with Crippen LogP contribution < -0.4 is 9.47 Å². The molecule has 1 aromatic heterocycles. The van der Waals surface area contributed by atoms with Crippen LogP contribution >= 0.6 is 11.6 Å². The highest BCUT2D eigenvalue weighted by atomic mass is 35.5. The van der Waals surface area contributed by atoms with Gasteiger partial charge in [-0.05, 0) is 12.1 Å². The van der Waals surface area contributed by atoms with E-state index in [1.807, 2.05) is 41.0 Å². The average molecular weight is 317 g/mol. The fourth-order valence-electron chi connectivity index (χ4n) is 2.69. The minimum absolute atomic E-state index is 0.0113. The SMILES string of the molecule is OCCn1c(-c2ccccc2Cl)nc2cc3c(cc21)OCO3. The van der Waals surface area contributed by atoms with Gasteiger partial charge in [0, 0.05) is 24.2 Å². The van der Waals surface area contributed by atoms with Crippen LogP contribution in [0.4, 0.5) is 0 Å². The van der Waals surface area contributed by atoms with Gasteiger partial charge in [0.2, 0.25) is 6.79 Å². The summed E-state index contributed by atoms with van der Waals surface area (Å²) in [6.45, 7) is 0.660. The van der Waals surface area contributed by atoms with Crippen molar-refractivity contribution in [2.75, 3.05) is 13.4 Å². The van der Waals surface area contributed by atoms with Crippen molar-refractivity contribution in [3.63, 3.8) is 0 Å². The molecule has 1 N–H and O–H groups in total. The molecular formula is C16H13ClN2O3. The van der Waals surface area contributed by atoms with Gasteiger partial charge in [-0.2, -0.15) is 0 Å². The topological polar surface area (TPSA) is 56.5 Å². The highest BCUT2D eigenvalue weighted by Crippen LogP contribution is 2.38. The standard InChI is InChI=1S/C16H13ClN2O3/c17-11-4-2-1-3-10(11)16-18-12-7-14-15(22-9-21-14)8-13(12)19(16)5-6-20/h1-4,7-8,20H,5-6,9H2. The molecule has 112 valence electrons. The van der Waals surface area contributed by atoms with Gasteiger partial charge in [-0.25, -0.2) is 4.98 Å². The second-order valence-corrected chi connectivity index (χ2v) is 5.39. The summed E-state index contributed by atoms with van der Waals surface area (Å²) >= 11 is 6.29. The Morgan fingerprint density at radius 2 is 1.95 bits per heavy atom. The number of fused-ring (bicyclic) bond motifs is 2. The highest BCUT2D eigenvalue weighted by Gasteiger charge is 2.20. The van der Waals surface area contributed by atoms with Crippen molar-refractivity contribution in [1.29, 1.82) is 0 Å². The summed E-state index contributed by atoms with van der Waals surface area (Å²) in [4.78, 5) is 4.67. The van der Waals surface area contributed by atoms with Crippen LogP contribution in [0.15, 0.2) is 36.4 Å². The van der Waals surface area contributed by atoms with E-state index in [1.54, 1.807) is 0 Å². The van der Waals surface area contributed by atoms with Crippen molar-refractivity contribution in [1.82, 2.24) is 9.55 Å². The molecule has 0 aliphatic carbocycles. The smallest absolute Gasteiger partial charge is 0.231 e. The summed E-state index contributed by atoms with van der Waals surface area (Å²) < 4.78 is 12.8. The molecule has 5 nitrogen and oxygen atoms in total. The van der Waals surface area contributed by atoms with Crippen LogP contribution in [-0.4, -0.2) is 28.1 Å². The summed E-state index contributed by atoms with van der Waals surface area (Å²) in [5, 5.41) is 10.0. The second-order valence-electron chi connectivity index (χ2n) is 4.98. The Hall–Kier alpha value is -2.24. The Morgan fingerprint density at radius 3 is 2.73 bits per heavy atom. The number of aliphatic hydroxyl groups is 1. The molecule has 0 atom stereocenters. The number of hydrogen-bond donors (Lipinski definition) is 1. The van der Waals surface area contributed by atoms with E-state index in [9.17, 15) is 5.11 Å². The van der Waals surface area contributed by atoms with E-state index >= 15 is 0 Å². The number of benzene rings is 2. The number of aromatic nitrogens is 2. The summed E-state index contributed by atoms with van der Waals surface area (Å²) in [6, 6.07) is 11.3. The molecule has 0 saturated heterocycles. The first-order valence-corrected chi connectivity index (χ1v) is 7.31. The zero-order valence-corrected chi connectivity index (χ0v) is 12.4. The van der Waals surface area contributed by atoms with Gasteiger partial charge < -0.3 is 19.1 Å². The van der Waals surface area contributed by atoms with Crippen molar-refractivity contribution < 1.29 is 14.6 Å². The number of rotatable bonds is 3. The lowest BCUT2D eigenvalue weighted by atomic mass is 10.2. The molecule has 0 unspecified atom stereocenters. The molecule has 0 bridgehead atoms. The van der Waals surface area contributed by atoms with Gasteiger partial charge in [-0.3, -0.25) is 0 Å². The molecule has 6 heteroatoms. The van der Waals surface area contributed by atoms with E-state index in [2.05, 4.69) is 4.98 Å². The molecule has 0 spiro atoms. The van der Waals surface area contributed by atoms with Crippen LogP contribution in [0.3, 0.4) is 0 Å². The van der Waals surface area contributed by atoms with E-state index in [0.29, 0.717) is 23.1 Å². The number of ether oxygens (including phenoxy) is 2. The first-order valence-electron chi connectivity index (χ1n) is 6.93. The Labute approximate surface area is 131 Å². The summed E-state index contributed by atoms with van der Waals surface area (Å²) in [5.41, 5.74) is 2.50. The predicted octanol–water partition coefficient (Wildman–Crippen LogP) is 3.08. The number of hydrogen-bond acceptors (Lipinski definition) is 4. The van der Waals surface area contributed by atoms with Crippen molar-refractivity contribution in [3.05, 3.63) is 41.4 Å². The second kappa shape index (κ2) is 5.19. The molecule has 4 rings (SSSR count). The molecule has 0 fully saturated rings. The van der Waals surface area contributed by atoms with Crippen LogP contribution in [0.25, 0.3) is 22.4 Å². The Balaban J connectivity index is 1.98. The average Bonchev–Trinajstić information content (AvgIpc) is 3.10. The normalized spacial score (nSPS) is 13.0. The maximum Gasteiger partial charge on any atom is 0.231 e. The van der Waals surface area contributed by atoms with Crippen LogP contribution in [0, 0.1) is 0 Å². The quantitative estimate of drug-likeness (QED) is 0.807. The summed E-state index contributed by atoms with van der Waals surface area (Å²) in [5.74, 6) is 2.10. The van der Waals surface area contributed by atoms with Crippen LogP contribution in [0.1, 0.15) is 0 Å². The van der Waals surface area contributed by atoms with Gasteiger partial charge in [-0.15, -0.1) is 0 Å². The van der Waals surface area contributed by atoms with E-state index in [-0.39, 0.29) is 13.4 Å². The number of aliphatic hydroxyl groups excluding tert-OH is 1. The molecule has 1 aliphatic heterocycles. The number of imidazole rings is 1. The first-order chi connectivity index (χ1) is 10.8. The van der Waals surface area contributed by atoms with Gasteiger partial charge in [0.25, 0.3) is 0 Å². The Bertz CT molecular complexity index is 860. The first kappa shape index (κ1) is 13.4. The third-order valence-electron chi connectivity index (χ3n) is 3.68. The summed E-state index contributed by atoms with van der Waals surface area (Å²) in [6.07, 6.45) is 0. The molecule has 2 aromatic carbocycles. The minimum Gasteiger partial charge on any atom is -0.454 e. The lowest BCUT2D eigenvalue weighted by molar-refractivity contribution is 0.174. The van der Waals surface area contributed by atoms with Crippen molar-refractivity contribution >= 4 is 22.6 Å². The fourth-order valence-corrected chi connectivity index (χ4v) is 2.91. The third-order valence-corrected chi connectivity index (χ3v) is 4.01. The third kappa shape index (κ3) is 2.01. The number of nitrogens with zero attached hydrogens (tertiary/aromatic N) is 2. The number of halogens is 1. The van der Waals surface area contributed by atoms with E-state index < -0.39 is 0 Å². The fraction of sp³-hybridized carbons (Fsp3) is 0.188. The molecule has 22 heavy (non-hydrogen) atoms. The van der Waals surface area contributed by atoms with E-state index in [0.717, 1.165) is 22.4 Å². The van der Waals surface area contributed by atoms with Gasteiger partial charge in [-0.1, -0.05) is 23.7 Å². The molecule has 3 aromatic rings. The Morgan fingerprint density at radius 1 is 1.18 bits per heavy atom. The predicted molar refractivity (Wildman–Crippen MR) is 83.4 cm³/mol. The van der Waals surface area contributed by atoms with Crippen LogP contribution in [0.2, 0.25) is 5.02 Å². The highest BCUT2D eigenvalue weighted by molar-refractivity contribution is 6.33. The lowest BCUT2D eigenvalue weighted by Gasteiger charge is -2.08. The molecule has 0 amide bonds. The lowest BCUT2D eigenvalue weighted by Crippen LogP contribution is -2.04. The molecule has 0 saturated carbocycles. The van der Waals surface area contributed by atoms with Gasteiger partial charge >= 0.3 is 0 Å². The van der Waals surface area contributed by atoms with Crippen LogP contribution in [0.5, 0.6) is 11.5 Å². The minimum atomic E-state index is 0.0113. The van der Waals surface area contributed by atoms with E-state index in [4.69, 9.17) is 21.1 Å². The van der Waals surface area contributed by atoms with E-state index in [1.165, 1.54) is 0 Å². The van der Waals surface area contributed by atoms with Crippen molar-refractivity contribution in [3.8, 4) is 22.9 Å². The summed E-state index contributed by atoms with van der Waals surface area (Å²) in [7, 11) is 0. The van der Waals surface area contributed by atoms with Gasteiger partial charge in [0.05, 0.1) is 22.7 Å². The van der Waals surface area contributed by atoms with Crippen molar-refractivity contribution in [2.24, 2.45) is 0 Å².